The Bertz CT molecular complexity index is 717. The molecule has 6 heteroatoms. The summed E-state index contributed by atoms with van der Waals surface area (Å²) in [6, 6.07) is 7.35. The molecule has 23 heavy (non-hydrogen) atoms. The summed E-state index contributed by atoms with van der Waals surface area (Å²) in [5.41, 5.74) is 5.48. The van der Waals surface area contributed by atoms with Crippen molar-refractivity contribution in [3.63, 3.8) is 0 Å². The predicted octanol–water partition coefficient (Wildman–Crippen LogP) is 1.87. The molecule has 2 rings (SSSR count). The van der Waals surface area contributed by atoms with Crippen molar-refractivity contribution in [3.8, 4) is 0 Å². The van der Waals surface area contributed by atoms with Crippen LogP contribution >= 0.6 is 0 Å². The van der Waals surface area contributed by atoms with Crippen molar-refractivity contribution in [3.05, 3.63) is 36.7 Å². The number of carbonyl (C=O) groups excluding carboxylic acids is 2. The number of rotatable bonds is 4. The Labute approximate surface area is 135 Å². The fourth-order valence-electron chi connectivity index (χ4n) is 2.25. The van der Waals surface area contributed by atoms with E-state index in [0.29, 0.717) is 5.69 Å². The van der Waals surface area contributed by atoms with E-state index in [1.165, 1.54) is 4.90 Å². The van der Waals surface area contributed by atoms with E-state index < -0.39 is 11.6 Å². The molecular weight excluding hydrogens is 294 g/mol. The Morgan fingerprint density at radius 2 is 2.00 bits per heavy atom. The van der Waals surface area contributed by atoms with Gasteiger partial charge in [-0.15, -0.1) is 0 Å². The molecule has 0 saturated carbocycles. The second-order valence-corrected chi connectivity index (χ2v) is 6.14. The van der Waals surface area contributed by atoms with Gasteiger partial charge in [0.2, 0.25) is 5.91 Å². The number of fused-ring (bicyclic) bond motifs is 1. The summed E-state index contributed by atoms with van der Waals surface area (Å²) in [5.74, 6) is -0.840. The Hall–Kier alpha value is -2.47. The molecule has 1 aromatic heterocycles. The normalized spacial score (nSPS) is 11.3. The lowest BCUT2D eigenvalue weighted by Crippen LogP contribution is -2.41. The second-order valence-electron chi connectivity index (χ2n) is 6.14. The zero-order valence-electron chi connectivity index (χ0n) is 13.6. The van der Waals surface area contributed by atoms with Crippen LogP contribution in [0.4, 0.5) is 5.69 Å². The standard InChI is InChI=1S/C17H21N3O3/c1-17(2,3)23-16(22)11-20(15(21)9-18)14-6-4-5-12-7-8-19-10-13(12)14/h4-8,10H,9,11,18H2,1-3H3. The first kappa shape index (κ1) is 16.9. The predicted molar refractivity (Wildman–Crippen MR) is 89.0 cm³/mol. The average Bonchev–Trinajstić information content (AvgIpc) is 2.50. The summed E-state index contributed by atoms with van der Waals surface area (Å²) in [4.78, 5) is 29.8. The number of nitrogens with zero attached hydrogens (tertiary/aromatic N) is 2. The van der Waals surface area contributed by atoms with E-state index in [1.54, 1.807) is 39.2 Å². The number of esters is 1. The number of amides is 1. The average molecular weight is 315 g/mol. The number of benzene rings is 1. The summed E-state index contributed by atoms with van der Waals surface area (Å²) < 4.78 is 5.31. The molecule has 122 valence electrons. The number of anilines is 1. The van der Waals surface area contributed by atoms with Crippen molar-refractivity contribution in [1.82, 2.24) is 4.98 Å². The van der Waals surface area contributed by atoms with Crippen LogP contribution in [0.25, 0.3) is 10.8 Å². The topological polar surface area (TPSA) is 85.5 Å². The van der Waals surface area contributed by atoms with Gasteiger partial charge in [0.25, 0.3) is 0 Å². The number of hydrogen-bond acceptors (Lipinski definition) is 5. The smallest absolute Gasteiger partial charge is 0.326 e. The highest BCUT2D eigenvalue weighted by atomic mass is 16.6. The highest BCUT2D eigenvalue weighted by Gasteiger charge is 2.23. The highest BCUT2D eigenvalue weighted by Crippen LogP contribution is 2.26. The summed E-state index contributed by atoms with van der Waals surface area (Å²) in [5, 5.41) is 1.71. The van der Waals surface area contributed by atoms with E-state index in [4.69, 9.17) is 10.5 Å². The van der Waals surface area contributed by atoms with Gasteiger partial charge in [0.05, 0.1) is 12.2 Å². The Morgan fingerprint density at radius 3 is 2.65 bits per heavy atom. The van der Waals surface area contributed by atoms with Gasteiger partial charge in [0, 0.05) is 17.8 Å². The van der Waals surface area contributed by atoms with Crippen molar-refractivity contribution >= 4 is 28.3 Å². The zero-order chi connectivity index (χ0) is 17.0. The number of ether oxygens (including phenoxy) is 1. The van der Waals surface area contributed by atoms with Gasteiger partial charge in [0.15, 0.2) is 0 Å². The molecule has 2 aromatic rings. The van der Waals surface area contributed by atoms with E-state index >= 15 is 0 Å². The Balaban J connectivity index is 2.38. The lowest BCUT2D eigenvalue weighted by Gasteiger charge is -2.25. The zero-order valence-corrected chi connectivity index (χ0v) is 13.6. The summed E-state index contributed by atoms with van der Waals surface area (Å²) in [6.07, 6.45) is 3.34. The third kappa shape index (κ3) is 4.26. The first-order chi connectivity index (χ1) is 10.8. The molecule has 0 aliphatic rings. The van der Waals surface area contributed by atoms with Crippen LogP contribution in [-0.4, -0.2) is 35.6 Å². The SMILES string of the molecule is CC(C)(C)OC(=O)CN(C(=O)CN)c1cccc2ccncc12. The van der Waals surface area contributed by atoms with Gasteiger partial charge in [0.1, 0.15) is 12.1 Å². The molecule has 0 aliphatic heterocycles. The van der Waals surface area contributed by atoms with Crippen LogP contribution in [0.3, 0.4) is 0 Å². The van der Waals surface area contributed by atoms with Crippen LogP contribution < -0.4 is 10.6 Å². The Morgan fingerprint density at radius 1 is 1.26 bits per heavy atom. The summed E-state index contributed by atoms with van der Waals surface area (Å²) >= 11 is 0. The first-order valence-electron chi connectivity index (χ1n) is 7.37. The molecule has 0 atom stereocenters. The van der Waals surface area contributed by atoms with Crippen molar-refractivity contribution in [2.45, 2.75) is 26.4 Å². The van der Waals surface area contributed by atoms with Crippen molar-refractivity contribution in [2.75, 3.05) is 18.0 Å². The number of hydrogen-bond donors (Lipinski definition) is 1. The maximum Gasteiger partial charge on any atom is 0.326 e. The van der Waals surface area contributed by atoms with Crippen molar-refractivity contribution in [1.29, 1.82) is 0 Å². The molecule has 0 unspecified atom stereocenters. The Kier molecular flexibility index (Phi) is 4.95. The number of pyridine rings is 1. The molecule has 6 nitrogen and oxygen atoms in total. The molecule has 2 N–H and O–H groups in total. The van der Waals surface area contributed by atoms with E-state index in [0.717, 1.165) is 10.8 Å². The van der Waals surface area contributed by atoms with Crippen LogP contribution in [0, 0.1) is 0 Å². The van der Waals surface area contributed by atoms with Gasteiger partial charge >= 0.3 is 5.97 Å². The second kappa shape index (κ2) is 6.75. The molecule has 0 radical (unpaired) electrons. The fraction of sp³-hybridized carbons (Fsp3) is 0.353. The van der Waals surface area contributed by atoms with Crippen molar-refractivity contribution < 1.29 is 14.3 Å². The minimum absolute atomic E-state index is 0.193. The van der Waals surface area contributed by atoms with Crippen LogP contribution in [0.5, 0.6) is 0 Å². The van der Waals surface area contributed by atoms with E-state index in [2.05, 4.69) is 4.98 Å². The minimum Gasteiger partial charge on any atom is -0.459 e. The van der Waals surface area contributed by atoms with Crippen LogP contribution in [0.1, 0.15) is 20.8 Å². The van der Waals surface area contributed by atoms with Crippen LogP contribution in [-0.2, 0) is 14.3 Å². The van der Waals surface area contributed by atoms with Gasteiger partial charge in [-0.3, -0.25) is 19.5 Å². The highest BCUT2D eigenvalue weighted by molar-refractivity contribution is 6.06. The first-order valence-corrected chi connectivity index (χ1v) is 7.37. The number of nitrogens with two attached hydrogens (primary N) is 1. The molecule has 0 bridgehead atoms. The van der Waals surface area contributed by atoms with Crippen LogP contribution in [0.2, 0.25) is 0 Å². The quantitative estimate of drug-likeness (QED) is 0.871. The van der Waals surface area contributed by atoms with Gasteiger partial charge in [-0.1, -0.05) is 12.1 Å². The van der Waals surface area contributed by atoms with E-state index in [9.17, 15) is 9.59 Å². The van der Waals surface area contributed by atoms with Crippen molar-refractivity contribution in [2.24, 2.45) is 5.73 Å². The lowest BCUT2D eigenvalue weighted by atomic mass is 10.1. The third-order valence-corrected chi connectivity index (χ3v) is 3.13. The van der Waals surface area contributed by atoms with Gasteiger partial charge in [-0.25, -0.2) is 0 Å². The van der Waals surface area contributed by atoms with Gasteiger partial charge in [-0.05, 0) is 38.3 Å². The van der Waals surface area contributed by atoms with E-state index in [1.807, 2.05) is 18.2 Å². The summed E-state index contributed by atoms with van der Waals surface area (Å²) in [6.45, 7) is 4.95. The molecule has 1 heterocycles. The van der Waals surface area contributed by atoms with Gasteiger partial charge < -0.3 is 10.5 Å². The molecule has 0 spiro atoms. The molecule has 0 fully saturated rings. The molecular formula is C17H21N3O3. The molecule has 1 amide bonds. The molecule has 0 aliphatic carbocycles. The van der Waals surface area contributed by atoms with Crippen LogP contribution in [0.15, 0.2) is 36.7 Å². The van der Waals surface area contributed by atoms with Gasteiger partial charge in [-0.2, -0.15) is 0 Å². The maximum atomic E-state index is 12.2. The lowest BCUT2D eigenvalue weighted by molar-refractivity contribution is -0.153. The number of carbonyl (C=O) groups is 2. The fourth-order valence-corrected chi connectivity index (χ4v) is 2.25. The minimum atomic E-state index is -0.616. The monoisotopic (exact) mass is 315 g/mol. The molecule has 0 saturated heterocycles. The largest absolute Gasteiger partial charge is 0.459 e. The van der Waals surface area contributed by atoms with E-state index in [-0.39, 0.29) is 19.0 Å². The number of aromatic nitrogens is 1. The summed E-state index contributed by atoms with van der Waals surface area (Å²) in [7, 11) is 0. The maximum absolute atomic E-state index is 12.2. The molecule has 1 aromatic carbocycles. The third-order valence-electron chi connectivity index (χ3n) is 3.13.